The summed E-state index contributed by atoms with van der Waals surface area (Å²) in [6, 6.07) is 7.86. The van der Waals surface area contributed by atoms with Crippen molar-refractivity contribution in [1.82, 2.24) is 19.9 Å². The van der Waals surface area contributed by atoms with Crippen LogP contribution in [0.2, 0.25) is 5.02 Å². The summed E-state index contributed by atoms with van der Waals surface area (Å²) in [5.41, 5.74) is 3.61. The Morgan fingerprint density at radius 2 is 2.00 bits per heavy atom. The van der Waals surface area contributed by atoms with Gasteiger partial charge in [-0.15, -0.1) is 11.3 Å². The third kappa shape index (κ3) is 3.95. The highest BCUT2D eigenvalue weighted by Gasteiger charge is 2.19. The van der Waals surface area contributed by atoms with Crippen LogP contribution in [0.3, 0.4) is 0 Å². The molecule has 2 aromatic heterocycles. The third-order valence-corrected chi connectivity index (χ3v) is 5.84. The maximum atomic E-state index is 5.97. The number of thiazole rings is 1. The molecule has 0 amide bonds. The molecule has 0 radical (unpaired) electrons. The van der Waals surface area contributed by atoms with E-state index in [1.165, 1.54) is 16.1 Å². The standard InChI is InChI=1S/C20H21ClN4S/c1-2-3-19-22-10-15-12-25(9-8-18(15)24-19)13-17-11-23-20(26-17)14-4-6-16(21)7-5-14/h4-7,10-11H,2-3,8-9,12-13H2,1H3. The molecule has 0 aliphatic carbocycles. The van der Waals surface area contributed by atoms with Crippen LogP contribution in [-0.2, 0) is 25.9 Å². The lowest BCUT2D eigenvalue weighted by molar-refractivity contribution is 0.244. The van der Waals surface area contributed by atoms with Crippen LogP contribution in [-0.4, -0.2) is 26.4 Å². The number of nitrogens with zero attached hydrogens (tertiary/aromatic N) is 4. The predicted octanol–water partition coefficient (Wildman–Crippen LogP) is 4.76. The summed E-state index contributed by atoms with van der Waals surface area (Å²) in [7, 11) is 0. The van der Waals surface area contributed by atoms with Crippen molar-refractivity contribution in [1.29, 1.82) is 0 Å². The maximum absolute atomic E-state index is 5.97. The van der Waals surface area contributed by atoms with Crippen LogP contribution >= 0.6 is 22.9 Å². The molecular weight excluding hydrogens is 364 g/mol. The van der Waals surface area contributed by atoms with Gasteiger partial charge in [0.2, 0.25) is 0 Å². The first-order valence-corrected chi connectivity index (χ1v) is 10.2. The van der Waals surface area contributed by atoms with Crippen LogP contribution in [0, 0.1) is 0 Å². The molecule has 134 valence electrons. The molecule has 0 unspecified atom stereocenters. The molecule has 0 N–H and O–H groups in total. The summed E-state index contributed by atoms with van der Waals surface area (Å²) < 4.78 is 0. The number of rotatable bonds is 5. The largest absolute Gasteiger partial charge is 0.293 e. The average Bonchev–Trinajstić information content (AvgIpc) is 3.11. The van der Waals surface area contributed by atoms with Gasteiger partial charge >= 0.3 is 0 Å². The smallest absolute Gasteiger partial charge is 0.128 e. The molecule has 1 aliphatic heterocycles. The second-order valence-electron chi connectivity index (χ2n) is 6.61. The highest BCUT2D eigenvalue weighted by Crippen LogP contribution is 2.28. The van der Waals surface area contributed by atoms with E-state index in [9.17, 15) is 0 Å². The zero-order valence-corrected chi connectivity index (χ0v) is 16.4. The topological polar surface area (TPSA) is 41.9 Å². The molecule has 0 fully saturated rings. The molecule has 4 nitrogen and oxygen atoms in total. The molecule has 1 aliphatic rings. The number of aryl methyl sites for hydroxylation is 1. The Morgan fingerprint density at radius 1 is 1.15 bits per heavy atom. The SMILES string of the molecule is CCCc1ncc2c(n1)CCN(Cc1cnc(-c3ccc(Cl)cc3)s1)C2. The highest BCUT2D eigenvalue weighted by atomic mass is 35.5. The van der Waals surface area contributed by atoms with Crippen molar-refractivity contribution in [2.75, 3.05) is 6.54 Å². The van der Waals surface area contributed by atoms with Gasteiger partial charge < -0.3 is 0 Å². The van der Waals surface area contributed by atoms with E-state index in [4.69, 9.17) is 16.6 Å². The molecule has 3 aromatic rings. The minimum absolute atomic E-state index is 0.752. The van der Waals surface area contributed by atoms with E-state index in [-0.39, 0.29) is 0 Å². The molecule has 0 saturated carbocycles. The van der Waals surface area contributed by atoms with Gasteiger partial charge in [-0.25, -0.2) is 15.0 Å². The number of hydrogen-bond acceptors (Lipinski definition) is 5. The first kappa shape index (κ1) is 17.6. The van der Waals surface area contributed by atoms with Crippen LogP contribution < -0.4 is 0 Å². The Morgan fingerprint density at radius 3 is 2.81 bits per heavy atom. The fraction of sp³-hybridized carbons (Fsp3) is 0.350. The van der Waals surface area contributed by atoms with Crippen molar-refractivity contribution in [3.8, 4) is 10.6 Å². The van der Waals surface area contributed by atoms with Crippen LogP contribution in [0.1, 0.15) is 35.3 Å². The van der Waals surface area contributed by atoms with Crippen LogP contribution in [0.4, 0.5) is 0 Å². The van der Waals surface area contributed by atoms with E-state index >= 15 is 0 Å². The number of fused-ring (bicyclic) bond motifs is 1. The number of aromatic nitrogens is 3. The van der Waals surface area contributed by atoms with Crippen molar-refractivity contribution in [3.63, 3.8) is 0 Å². The lowest BCUT2D eigenvalue weighted by atomic mass is 10.1. The van der Waals surface area contributed by atoms with Crippen molar-refractivity contribution >= 4 is 22.9 Å². The third-order valence-electron chi connectivity index (χ3n) is 4.56. The van der Waals surface area contributed by atoms with Gasteiger partial charge in [0.1, 0.15) is 10.8 Å². The van der Waals surface area contributed by atoms with Crippen molar-refractivity contribution in [2.45, 2.75) is 39.3 Å². The second kappa shape index (κ2) is 7.82. The van der Waals surface area contributed by atoms with Gasteiger partial charge in [-0.1, -0.05) is 30.7 Å². The Bertz CT molecular complexity index is 891. The molecule has 6 heteroatoms. The predicted molar refractivity (Wildman–Crippen MR) is 106 cm³/mol. The molecule has 3 heterocycles. The molecular formula is C20H21ClN4S. The summed E-state index contributed by atoms with van der Waals surface area (Å²) in [5.74, 6) is 0.981. The summed E-state index contributed by atoms with van der Waals surface area (Å²) >= 11 is 7.72. The molecule has 0 saturated heterocycles. The Kier molecular flexibility index (Phi) is 5.29. The zero-order chi connectivity index (χ0) is 17.9. The van der Waals surface area contributed by atoms with E-state index in [0.717, 1.165) is 60.3 Å². The molecule has 1 aromatic carbocycles. The maximum Gasteiger partial charge on any atom is 0.128 e. The Hall–Kier alpha value is -1.82. The lowest BCUT2D eigenvalue weighted by Gasteiger charge is -2.27. The zero-order valence-electron chi connectivity index (χ0n) is 14.8. The fourth-order valence-corrected chi connectivity index (χ4v) is 4.31. The molecule has 0 spiro atoms. The minimum atomic E-state index is 0.752. The van der Waals surface area contributed by atoms with Gasteiger partial charge in [0.15, 0.2) is 0 Å². The Balaban J connectivity index is 1.43. The van der Waals surface area contributed by atoms with Gasteiger partial charge in [-0.05, 0) is 18.6 Å². The lowest BCUT2D eigenvalue weighted by Crippen LogP contribution is -2.30. The summed E-state index contributed by atoms with van der Waals surface area (Å²) in [4.78, 5) is 17.6. The van der Waals surface area contributed by atoms with E-state index in [1.54, 1.807) is 11.3 Å². The normalized spacial score (nSPS) is 14.4. The molecule has 0 bridgehead atoms. The van der Waals surface area contributed by atoms with Gasteiger partial charge in [0.05, 0.1) is 0 Å². The van der Waals surface area contributed by atoms with Gasteiger partial charge in [-0.3, -0.25) is 4.90 Å². The van der Waals surface area contributed by atoms with E-state index < -0.39 is 0 Å². The van der Waals surface area contributed by atoms with Gasteiger partial charge in [0, 0.05) is 71.6 Å². The second-order valence-corrected chi connectivity index (χ2v) is 8.16. The fourth-order valence-electron chi connectivity index (χ4n) is 3.22. The van der Waals surface area contributed by atoms with E-state index in [1.807, 2.05) is 36.7 Å². The minimum Gasteiger partial charge on any atom is -0.293 e. The van der Waals surface area contributed by atoms with Crippen LogP contribution in [0.25, 0.3) is 10.6 Å². The number of benzene rings is 1. The molecule has 4 rings (SSSR count). The molecule has 0 atom stereocenters. The highest BCUT2D eigenvalue weighted by molar-refractivity contribution is 7.15. The van der Waals surface area contributed by atoms with Gasteiger partial charge in [0.25, 0.3) is 0 Å². The van der Waals surface area contributed by atoms with Crippen molar-refractivity contribution in [3.05, 3.63) is 63.6 Å². The van der Waals surface area contributed by atoms with E-state index in [2.05, 4.69) is 21.8 Å². The van der Waals surface area contributed by atoms with Crippen LogP contribution in [0.15, 0.2) is 36.7 Å². The quantitative estimate of drug-likeness (QED) is 0.635. The summed E-state index contributed by atoms with van der Waals surface area (Å²) in [6.45, 7) is 5.03. The van der Waals surface area contributed by atoms with Crippen LogP contribution in [0.5, 0.6) is 0 Å². The van der Waals surface area contributed by atoms with E-state index in [0.29, 0.717) is 0 Å². The average molecular weight is 385 g/mol. The first-order chi connectivity index (χ1) is 12.7. The van der Waals surface area contributed by atoms with Gasteiger partial charge in [-0.2, -0.15) is 0 Å². The Labute approximate surface area is 162 Å². The summed E-state index contributed by atoms with van der Waals surface area (Å²) in [5, 5.41) is 1.79. The van der Waals surface area contributed by atoms with Crippen molar-refractivity contribution in [2.24, 2.45) is 0 Å². The number of hydrogen-bond donors (Lipinski definition) is 0. The number of halogens is 1. The summed E-state index contributed by atoms with van der Waals surface area (Å²) in [6.07, 6.45) is 7.06. The first-order valence-electron chi connectivity index (χ1n) is 8.98. The molecule has 26 heavy (non-hydrogen) atoms. The van der Waals surface area contributed by atoms with Crippen molar-refractivity contribution < 1.29 is 0 Å². The monoisotopic (exact) mass is 384 g/mol.